The van der Waals surface area contributed by atoms with E-state index < -0.39 is 0 Å². The van der Waals surface area contributed by atoms with Gasteiger partial charge in [0.2, 0.25) is 0 Å². The van der Waals surface area contributed by atoms with E-state index in [4.69, 9.17) is 4.74 Å². The van der Waals surface area contributed by atoms with Gasteiger partial charge in [0.1, 0.15) is 11.8 Å². The van der Waals surface area contributed by atoms with E-state index >= 15 is 0 Å². The Morgan fingerprint density at radius 3 is 2.72 bits per heavy atom. The minimum Gasteiger partial charge on any atom is -0.381 e. The zero-order valence-electron chi connectivity index (χ0n) is 19.9. The molecule has 6 rings (SSSR count). The quantitative estimate of drug-likeness (QED) is 0.329. The molecular formula is C27H27N7O2. The SMILES string of the molecule is C[C@H](Nc1ncnc2[nH]cnc12)c1cc2cccc(NC3CCOCC3)c2c(=O)n1-c1ccccc1. The van der Waals surface area contributed by atoms with Crippen molar-refractivity contribution in [2.75, 3.05) is 23.8 Å². The molecular weight excluding hydrogens is 454 g/mol. The van der Waals surface area contributed by atoms with E-state index in [-0.39, 0.29) is 17.6 Å². The summed E-state index contributed by atoms with van der Waals surface area (Å²) in [6.45, 7) is 3.48. The van der Waals surface area contributed by atoms with Crippen LogP contribution in [-0.2, 0) is 4.74 Å². The topological polar surface area (TPSA) is 110 Å². The van der Waals surface area contributed by atoms with Gasteiger partial charge in [-0.3, -0.25) is 9.36 Å². The Hall–Kier alpha value is -4.24. The van der Waals surface area contributed by atoms with Crippen LogP contribution < -0.4 is 16.2 Å². The number of pyridine rings is 1. The molecule has 4 heterocycles. The highest BCUT2D eigenvalue weighted by Crippen LogP contribution is 2.29. The van der Waals surface area contributed by atoms with Gasteiger partial charge in [-0.05, 0) is 49.4 Å². The van der Waals surface area contributed by atoms with Gasteiger partial charge in [0.15, 0.2) is 11.5 Å². The molecule has 0 radical (unpaired) electrons. The molecule has 9 nitrogen and oxygen atoms in total. The summed E-state index contributed by atoms with van der Waals surface area (Å²) in [4.78, 5) is 30.1. The number of nitrogens with zero attached hydrogens (tertiary/aromatic N) is 4. The van der Waals surface area contributed by atoms with Crippen molar-refractivity contribution in [3.05, 3.63) is 83.3 Å². The first-order chi connectivity index (χ1) is 17.7. The molecule has 0 unspecified atom stereocenters. The normalized spacial score (nSPS) is 15.2. The van der Waals surface area contributed by atoms with Gasteiger partial charge in [-0.25, -0.2) is 15.0 Å². The Bertz CT molecular complexity index is 1570. The molecule has 1 aliphatic heterocycles. The Labute approximate surface area is 207 Å². The molecule has 0 aliphatic carbocycles. The van der Waals surface area contributed by atoms with Crippen molar-refractivity contribution in [3.63, 3.8) is 0 Å². The second-order valence-corrected chi connectivity index (χ2v) is 9.03. The van der Waals surface area contributed by atoms with Crippen molar-refractivity contribution >= 4 is 33.4 Å². The van der Waals surface area contributed by atoms with E-state index in [1.807, 2.05) is 55.5 Å². The summed E-state index contributed by atoms with van der Waals surface area (Å²) in [6.07, 6.45) is 4.93. The fourth-order valence-electron chi connectivity index (χ4n) is 4.88. The average molecular weight is 482 g/mol. The molecule has 0 amide bonds. The predicted octanol–water partition coefficient (Wildman–Crippen LogP) is 4.42. The number of para-hydroxylation sites is 1. The number of H-pyrrole nitrogens is 1. The van der Waals surface area contributed by atoms with Crippen molar-refractivity contribution in [2.45, 2.75) is 31.8 Å². The van der Waals surface area contributed by atoms with Crippen LogP contribution >= 0.6 is 0 Å². The van der Waals surface area contributed by atoms with Gasteiger partial charge in [-0.15, -0.1) is 0 Å². The zero-order chi connectivity index (χ0) is 24.5. The molecule has 9 heteroatoms. The molecule has 3 aromatic heterocycles. The lowest BCUT2D eigenvalue weighted by Gasteiger charge is -2.26. The van der Waals surface area contributed by atoms with Crippen molar-refractivity contribution in [1.82, 2.24) is 24.5 Å². The highest BCUT2D eigenvalue weighted by atomic mass is 16.5. The maximum atomic E-state index is 14.2. The van der Waals surface area contributed by atoms with Crippen LogP contribution in [0.25, 0.3) is 27.6 Å². The van der Waals surface area contributed by atoms with E-state index in [2.05, 4.69) is 36.6 Å². The Morgan fingerprint density at radius 2 is 1.89 bits per heavy atom. The minimum atomic E-state index is -0.246. The second kappa shape index (κ2) is 9.43. The highest BCUT2D eigenvalue weighted by Gasteiger charge is 2.21. The van der Waals surface area contributed by atoms with E-state index in [1.165, 1.54) is 6.33 Å². The number of aromatic amines is 1. The first-order valence-corrected chi connectivity index (χ1v) is 12.2. The molecule has 1 atom stereocenters. The summed E-state index contributed by atoms with van der Waals surface area (Å²) in [7, 11) is 0. The molecule has 1 fully saturated rings. The molecule has 1 saturated heterocycles. The molecule has 0 saturated carbocycles. The first-order valence-electron chi connectivity index (χ1n) is 12.2. The lowest BCUT2D eigenvalue weighted by Crippen LogP contribution is -2.30. The summed E-state index contributed by atoms with van der Waals surface area (Å²) in [6, 6.07) is 17.8. The van der Waals surface area contributed by atoms with Crippen LogP contribution in [0.4, 0.5) is 11.5 Å². The van der Waals surface area contributed by atoms with E-state index in [0.29, 0.717) is 22.4 Å². The van der Waals surface area contributed by atoms with Gasteiger partial charge in [0.05, 0.1) is 17.8 Å². The van der Waals surface area contributed by atoms with Gasteiger partial charge >= 0.3 is 0 Å². The molecule has 0 spiro atoms. The van der Waals surface area contributed by atoms with E-state index in [0.717, 1.165) is 48.5 Å². The fraction of sp³-hybridized carbons (Fsp3) is 0.259. The molecule has 36 heavy (non-hydrogen) atoms. The third kappa shape index (κ3) is 4.07. The summed E-state index contributed by atoms with van der Waals surface area (Å²) < 4.78 is 7.30. The van der Waals surface area contributed by atoms with Crippen LogP contribution in [0.3, 0.4) is 0 Å². The summed E-state index contributed by atoms with van der Waals surface area (Å²) >= 11 is 0. The predicted molar refractivity (Wildman–Crippen MR) is 141 cm³/mol. The van der Waals surface area contributed by atoms with Gasteiger partial charge in [-0.1, -0.05) is 30.3 Å². The molecule has 2 aromatic carbocycles. The lowest BCUT2D eigenvalue weighted by molar-refractivity contribution is 0.0905. The van der Waals surface area contributed by atoms with E-state index in [9.17, 15) is 4.79 Å². The number of imidazole rings is 1. The largest absolute Gasteiger partial charge is 0.381 e. The summed E-state index contributed by atoms with van der Waals surface area (Å²) in [5.41, 5.74) is 3.73. The first kappa shape index (κ1) is 22.2. The molecule has 5 aromatic rings. The van der Waals surface area contributed by atoms with Gasteiger partial charge in [0.25, 0.3) is 5.56 Å². The van der Waals surface area contributed by atoms with Crippen LogP contribution in [0.2, 0.25) is 0 Å². The van der Waals surface area contributed by atoms with Crippen molar-refractivity contribution < 1.29 is 4.74 Å². The van der Waals surface area contributed by atoms with Gasteiger partial charge < -0.3 is 20.4 Å². The lowest BCUT2D eigenvalue weighted by atomic mass is 10.0. The summed E-state index contributed by atoms with van der Waals surface area (Å²) in [5, 5.41) is 8.63. The maximum absolute atomic E-state index is 14.2. The number of nitrogens with one attached hydrogen (secondary N) is 3. The van der Waals surface area contributed by atoms with Crippen molar-refractivity contribution in [1.29, 1.82) is 0 Å². The third-order valence-corrected chi connectivity index (χ3v) is 6.68. The number of ether oxygens (including phenoxy) is 1. The minimum absolute atomic E-state index is 0.0647. The van der Waals surface area contributed by atoms with Crippen LogP contribution in [0.1, 0.15) is 31.5 Å². The molecule has 182 valence electrons. The van der Waals surface area contributed by atoms with Gasteiger partial charge in [0, 0.05) is 36.3 Å². The monoisotopic (exact) mass is 481 g/mol. The summed E-state index contributed by atoms with van der Waals surface area (Å²) in [5.74, 6) is 0.607. The van der Waals surface area contributed by atoms with Crippen molar-refractivity contribution in [2.24, 2.45) is 0 Å². The zero-order valence-corrected chi connectivity index (χ0v) is 19.9. The Kier molecular flexibility index (Phi) is 5.82. The highest BCUT2D eigenvalue weighted by molar-refractivity contribution is 5.94. The van der Waals surface area contributed by atoms with Gasteiger partial charge in [-0.2, -0.15) is 0 Å². The number of benzene rings is 2. The smallest absolute Gasteiger partial charge is 0.265 e. The average Bonchev–Trinajstić information content (AvgIpc) is 3.40. The van der Waals surface area contributed by atoms with Crippen LogP contribution in [-0.4, -0.2) is 43.8 Å². The van der Waals surface area contributed by atoms with Crippen molar-refractivity contribution in [3.8, 4) is 5.69 Å². The van der Waals surface area contributed by atoms with Crippen LogP contribution in [0.5, 0.6) is 0 Å². The maximum Gasteiger partial charge on any atom is 0.265 e. The molecule has 1 aliphatic rings. The van der Waals surface area contributed by atoms with Crippen LogP contribution in [0.15, 0.2) is 72.0 Å². The molecule has 0 bridgehead atoms. The molecule has 3 N–H and O–H groups in total. The Morgan fingerprint density at radius 1 is 1.06 bits per heavy atom. The Balaban J connectivity index is 1.48. The number of rotatable bonds is 6. The van der Waals surface area contributed by atoms with Crippen LogP contribution in [0, 0.1) is 0 Å². The second-order valence-electron chi connectivity index (χ2n) is 9.03. The third-order valence-electron chi connectivity index (χ3n) is 6.68. The number of anilines is 2. The number of fused-ring (bicyclic) bond motifs is 2. The standard InChI is InChI=1S/C27H27N7O2/c1-17(32-26-24-25(29-15-28-24)30-16-31-26)22-14-18-6-5-9-21(33-19-10-12-36-13-11-19)23(18)27(35)34(22)20-7-3-2-4-8-20/h2-9,14-17,19,33H,10-13H2,1H3,(H2,28,29,30,31,32)/t17-/m0/s1. The number of hydrogen-bond donors (Lipinski definition) is 3. The number of hydrogen-bond acceptors (Lipinski definition) is 7. The number of aromatic nitrogens is 5. The fourth-order valence-corrected chi connectivity index (χ4v) is 4.88. The van der Waals surface area contributed by atoms with E-state index in [1.54, 1.807) is 10.9 Å².